The van der Waals surface area contributed by atoms with E-state index >= 15 is 0 Å². The molecule has 0 aliphatic carbocycles. The average molecular weight is 396 g/mol. The van der Waals surface area contributed by atoms with Gasteiger partial charge >= 0.3 is 0 Å². The number of aliphatic hydroxyl groups is 1. The van der Waals surface area contributed by atoms with Crippen LogP contribution >= 0.6 is 0 Å². The SMILES string of the molecule is CC(=O)N(C)C(CN1CCC(O)C1)c1ccccc1.CC(=O)N1c2cccc1c2. The molecule has 0 aromatic heterocycles. The molecule has 2 bridgehead atoms. The molecule has 2 aromatic rings. The third-order valence-corrected chi connectivity index (χ3v) is 5.49. The minimum absolute atomic E-state index is 0.0454. The van der Waals surface area contributed by atoms with Crippen molar-refractivity contribution in [1.82, 2.24) is 9.80 Å². The van der Waals surface area contributed by atoms with E-state index in [9.17, 15) is 14.7 Å². The van der Waals surface area contributed by atoms with Gasteiger partial charge in [-0.05, 0) is 30.2 Å². The number of hydrogen-bond acceptors (Lipinski definition) is 4. The van der Waals surface area contributed by atoms with Crippen molar-refractivity contribution in [2.45, 2.75) is 32.4 Å². The van der Waals surface area contributed by atoms with Crippen molar-refractivity contribution >= 4 is 23.2 Å². The van der Waals surface area contributed by atoms with Gasteiger partial charge in [0.15, 0.2) is 0 Å². The standard InChI is InChI=1S/C15H22N2O2.C8H7NO/c1-12(18)16(2)15(13-6-4-3-5-7-13)11-17-9-8-14(19)10-17;1-6(10)9-7-3-2-4-8(9)5-7/h3-7,14-15,19H,8-11H2,1-2H3;2-5H,1H3. The minimum atomic E-state index is -0.223. The molecule has 2 unspecified atom stereocenters. The predicted molar refractivity (Wildman–Crippen MR) is 114 cm³/mol. The first kappa shape index (κ1) is 21.0. The Morgan fingerprint density at radius 3 is 2.21 bits per heavy atom. The van der Waals surface area contributed by atoms with Gasteiger partial charge in [0.2, 0.25) is 11.8 Å². The zero-order valence-electron chi connectivity index (χ0n) is 17.3. The average Bonchev–Trinajstić information content (AvgIpc) is 3.11. The van der Waals surface area contributed by atoms with Crippen molar-refractivity contribution < 1.29 is 14.7 Å². The zero-order valence-corrected chi connectivity index (χ0v) is 17.3. The second kappa shape index (κ2) is 9.20. The van der Waals surface area contributed by atoms with E-state index in [1.807, 2.05) is 49.5 Å². The van der Waals surface area contributed by atoms with Crippen LogP contribution in [0.1, 0.15) is 31.9 Å². The Morgan fingerprint density at radius 1 is 1.10 bits per heavy atom. The van der Waals surface area contributed by atoms with Crippen molar-refractivity contribution in [1.29, 1.82) is 0 Å². The smallest absolute Gasteiger partial charge is 0.228 e. The van der Waals surface area contributed by atoms with Gasteiger partial charge < -0.3 is 10.0 Å². The summed E-state index contributed by atoms with van der Waals surface area (Å²) in [5.41, 5.74) is 3.15. The second-order valence-corrected chi connectivity index (χ2v) is 7.63. The van der Waals surface area contributed by atoms with Gasteiger partial charge in [0, 0.05) is 40.5 Å². The highest BCUT2D eigenvalue weighted by atomic mass is 16.3. The van der Waals surface area contributed by atoms with Gasteiger partial charge in [0.05, 0.1) is 23.5 Å². The molecule has 0 spiro atoms. The van der Waals surface area contributed by atoms with E-state index in [4.69, 9.17) is 0 Å². The number of hydrogen-bond donors (Lipinski definition) is 1. The van der Waals surface area contributed by atoms with Crippen LogP contribution in [0.5, 0.6) is 0 Å². The molecule has 3 aliphatic heterocycles. The Bertz CT molecular complexity index is 829. The van der Waals surface area contributed by atoms with Crippen LogP contribution in [-0.4, -0.2) is 59.5 Å². The van der Waals surface area contributed by atoms with Crippen LogP contribution in [0, 0.1) is 0 Å². The summed E-state index contributed by atoms with van der Waals surface area (Å²) in [4.78, 5) is 28.2. The van der Waals surface area contributed by atoms with Crippen LogP contribution in [-0.2, 0) is 9.59 Å². The highest BCUT2D eigenvalue weighted by molar-refractivity contribution is 6.04. The number of carbonyl (C=O) groups excluding carboxylic acids is 2. The number of β-amino-alcohol motifs (C(OH)–C–C–N with tert-alkyl or cyclic N) is 1. The molecule has 1 fully saturated rings. The van der Waals surface area contributed by atoms with Crippen molar-refractivity contribution in [3.63, 3.8) is 0 Å². The normalized spacial score (nSPS) is 18.3. The van der Waals surface area contributed by atoms with Crippen LogP contribution in [0.3, 0.4) is 0 Å². The van der Waals surface area contributed by atoms with Gasteiger partial charge in [-0.1, -0.05) is 36.4 Å². The predicted octanol–water partition coefficient (Wildman–Crippen LogP) is 2.96. The third-order valence-electron chi connectivity index (χ3n) is 5.49. The molecule has 1 N–H and O–H groups in total. The summed E-state index contributed by atoms with van der Waals surface area (Å²) < 4.78 is 0. The number of benzene rings is 2. The molecule has 5 rings (SSSR count). The summed E-state index contributed by atoms with van der Waals surface area (Å²) in [7, 11) is 1.84. The first-order valence-electron chi connectivity index (χ1n) is 9.96. The topological polar surface area (TPSA) is 64.1 Å². The van der Waals surface area contributed by atoms with E-state index < -0.39 is 0 Å². The number of rotatable bonds is 4. The second-order valence-electron chi connectivity index (χ2n) is 7.63. The summed E-state index contributed by atoms with van der Waals surface area (Å²) in [5.74, 6) is 0.154. The molecule has 0 radical (unpaired) electrons. The van der Waals surface area contributed by atoms with Crippen LogP contribution in [0.25, 0.3) is 0 Å². The Kier molecular flexibility index (Phi) is 6.67. The lowest BCUT2D eigenvalue weighted by Crippen LogP contribution is -2.38. The number of aliphatic hydroxyl groups excluding tert-OH is 1. The van der Waals surface area contributed by atoms with Crippen LogP contribution in [0.15, 0.2) is 54.6 Å². The summed E-state index contributed by atoms with van der Waals surface area (Å²) >= 11 is 0. The first-order valence-corrected chi connectivity index (χ1v) is 9.96. The zero-order chi connectivity index (χ0) is 21.0. The highest BCUT2D eigenvalue weighted by Crippen LogP contribution is 2.36. The van der Waals surface area contributed by atoms with Crippen molar-refractivity contribution in [2.75, 3.05) is 31.6 Å². The van der Waals surface area contributed by atoms with Gasteiger partial charge in [0.1, 0.15) is 0 Å². The molecular weight excluding hydrogens is 366 g/mol. The maximum absolute atomic E-state index is 11.7. The van der Waals surface area contributed by atoms with Crippen LogP contribution in [0.2, 0.25) is 0 Å². The maximum Gasteiger partial charge on any atom is 0.228 e. The van der Waals surface area contributed by atoms with Gasteiger partial charge in [-0.3, -0.25) is 19.4 Å². The van der Waals surface area contributed by atoms with E-state index in [-0.39, 0.29) is 24.0 Å². The lowest BCUT2D eigenvalue weighted by atomic mass is 10.1. The molecule has 3 heterocycles. The molecule has 29 heavy (non-hydrogen) atoms. The van der Waals surface area contributed by atoms with Gasteiger partial charge in [-0.2, -0.15) is 0 Å². The molecule has 6 nitrogen and oxygen atoms in total. The van der Waals surface area contributed by atoms with E-state index in [2.05, 4.69) is 17.0 Å². The van der Waals surface area contributed by atoms with Crippen molar-refractivity contribution in [3.8, 4) is 0 Å². The van der Waals surface area contributed by atoms with Gasteiger partial charge in [-0.25, -0.2) is 0 Å². The van der Waals surface area contributed by atoms with Crippen LogP contribution < -0.4 is 4.90 Å². The van der Waals surface area contributed by atoms with E-state index in [0.29, 0.717) is 6.54 Å². The molecule has 6 heteroatoms. The fourth-order valence-electron chi connectivity index (χ4n) is 3.79. The number of fused-ring (bicyclic) bond motifs is 2. The van der Waals surface area contributed by atoms with E-state index in [1.165, 1.54) is 0 Å². The lowest BCUT2D eigenvalue weighted by molar-refractivity contribution is -0.130. The van der Waals surface area contributed by atoms with E-state index in [0.717, 1.165) is 36.4 Å². The maximum atomic E-state index is 11.7. The summed E-state index contributed by atoms with van der Waals surface area (Å²) in [6, 6.07) is 17.9. The van der Waals surface area contributed by atoms with Crippen LogP contribution in [0.4, 0.5) is 11.4 Å². The first-order chi connectivity index (χ1) is 13.9. The van der Waals surface area contributed by atoms with Crippen molar-refractivity contribution in [3.05, 3.63) is 60.2 Å². The molecule has 2 aromatic carbocycles. The summed E-state index contributed by atoms with van der Waals surface area (Å²) in [6.45, 7) is 5.54. The number of likely N-dealkylation sites (tertiary alicyclic amines) is 1. The molecule has 2 amide bonds. The molecule has 3 aliphatic rings. The monoisotopic (exact) mass is 395 g/mol. The fourth-order valence-corrected chi connectivity index (χ4v) is 3.79. The Balaban J connectivity index is 0.000000200. The number of amides is 2. The highest BCUT2D eigenvalue weighted by Gasteiger charge is 2.26. The molecule has 0 saturated carbocycles. The van der Waals surface area contributed by atoms with Crippen molar-refractivity contribution in [2.24, 2.45) is 0 Å². The number of nitrogens with zero attached hydrogens (tertiary/aromatic N) is 3. The quantitative estimate of drug-likeness (QED) is 0.865. The largest absolute Gasteiger partial charge is 0.392 e. The molecule has 2 atom stereocenters. The van der Waals surface area contributed by atoms with Gasteiger partial charge in [0.25, 0.3) is 0 Å². The third kappa shape index (κ3) is 5.02. The molecule has 154 valence electrons. The molecular formula is C23H29N3O3. The summed E-state index contributed by atoms with van der Waals surface area (Å²) in [6.07, 6.45) is 0.602. The number of likely N-dealkylation sites (N-methyl/N-ethyl adjacent to an activating group) is 1. The Hall–Kier alpha value is -2.70. The Morgan fingerprint density at radius 2 is 1.76 bits per heavy atom. The van der Waals surface area contributed by atoms with E-state index in [1.54, 1.807) is 23.6 Å². The summed E-state index contributed by atoms with van der Waals surface area (Å²) in [5, 5.41) is 9.61. The number of carbonyl (C=O) groups is 2. The molecule has 1 saturated heterocycles. The number of anilines is 2. The lowest BCUT2D eigenvalue weighted by Gasteiger charge is -2.31. The van der Waals surface area contributed by atoms with Gasteiger partial charge in [-0.15, -0.1) is 0 Å². The fraction of sp³-hybridized carbons (Fsp3) is 0.391. The minimum Gasteiger partial charge on any atom is -0.392 e. The Labute approximate surface area is 172 Å².